The van der Waals surface area contributed by atoms with Gasteiger partial charge in [-0.25, -0.2) is 0 Å². The summed E-state index contributed by atoms with van der Waals surface area (Å²) in [5.41, 5.74) is 0.270. The van der Waals surface area contributed by atoms with Gasteiger partial charge >= 0.3 is 0 Å². The summed E-state index contributed by atoms with van der Waals surface area (Å²) in [6.07, 6.45) is 5.24. The third-order valence-electron chi connectivity index (χ3n) is 4.25. The van der Waals surface area contributed by atoms with Gasteiger partial charge in [0.1, 0.15) is 0 Å². The highest BCUT2D eigenvalue weighted by Gasteiger charge is 2.36. The number of hydrogen-bond acceptors (Lipinski definition) is 2. The van der Waals surface area contributed by atoms with Crippen molar-refractivity contribution in [1.82, 2.24) is 15.5 Å². The van der Waals surface area contributed by atoms with E-state index in [-0.39, 0.29) is 5.54 Å². The van der Waals surface area contributed by atoms with E-state index in [0.29, 0.717) is 6.04 Å². The molecule has 0 amide bonds. The minimum Gasteiger partial charge on any atom is -0.355 e. The Labute approximate surface area is 119 Å². The lowest BCUT2D eigenvalue weighted by atomic mass is 9.75. The number of likely N-dealkylation sites (N-methyl/N-ethyl adjacent to an activating group) is 1. The van der Waals surface area contributed by atoms with E-state index in [0.717, 1.165) is 18.4 Å². The van der Waals surface area contributed by atoms with Gasteiger partial charge in [-0.05, 0) is 46.7 Å². The average Bonchev–Trinajstić information content (AvgIpc) is 2.33. The maximum absolute atomic E-state index is 4.30. The van der Waals surface area contributed by atoms with Gasteiger partial charge in [-0.2, -0.15) is 0 Å². The molecule has 1 saturated carbocycles. The molecule has 1 aliphatic rings. The number of hydrogen-bond donors (Lipinski definition) is 2. The van der Waals surface area contributed by atoms with E-state index in [4.69, 9.17) is 0 Å². The molecule has 0 heterocycles. The summed E-state index contributed by atoms with van der Waals surface area (Å²) in [5.74, 6) is 1.73. The van der Waals surface area contributed by atoms with Crippen LogP contribution in [-0.4, -0.2) is 50.1 Å². The maximum Gasteiger partial charge on any atom is 0.191 e. The smallest absolute Gasteiger partial charge is 0.191 e. The Hall–Kier alpha value is -0.770. The highest BCUT2D eigenvalue weighted by Crippen LogP contribution is 2.35. The third kappa shape index (κ3) is 4.68. The predicted octanol–water partition coefficient (Wildman–Crippen LogP) is 2.07. The van der Waals surface area contributed by atoms with Crippen LogP contribution in [0.25, 0.3) is 0 Å². The fourth-order valence-corrected chi connectivity index (χ4v) is 3.07. The zero-order valence-electron chi connectivity index (χ0n) is 13.6. The Morgan fingerprint density at radius 3 is 2.58 bits per heavy atom. The normalized spacial score (nSPS) is 28.8. The second kappa shape index (κ2) is 7.13. The average molecular weight is 268 g/mol. The van der Waals surface area contributed by atoms with Crippen molar-refractivity contribution >= 4 is 5.96 Å². The van der Waals surface area contributed by atoms with Crippen molar-refractivity contribution in [3.8, 4) is 0 Å². The molecule has 4 nitrogen and oxygen atoms in total. The molecule has 0 spiro atoms. The molecule has 0 bridgehead atoms. The van der Waals surface area contributed by atoms with Gasteiger partial charge in [-0.15, -0.1) is 0 Å². The summed E-state index contributed by atoms with van der Waals surface area (Å²) >= 11 is 0. The molecule has 0 radical (unpaired) electrons. The molecule has 0 saturated heterocycles. The fourth-order valence-electron chi connectivity index (χ4n) is 3.07. The van der Waals surface area contributed by atoms with E-state index in [2.05, 4.69) is 55.4 Å². The second-order valence-electron chi connectivity index (χ2n) is 6.55. The molecule has 4 heteroatoms. The van der Waals surface area contributed by atoms with Crippen molar-refractivity contribution < 1.29 is 0 Å². The molecule has 19 heavy (non-hydrogen) atoms. The summed E-state index contributed by atoms with van der Waals surface area (Å²) in [5, 5.41) is 6.87. The lowest BCUT2D eigenvalue weighted by Crippen LogP contribution is -2.56. The van der Waals surface area contributed by atoms with Crippen molar-refractivity contribution in [2.75, 3.05) is 27.7 Å². The van der Waals surface area contributed by atoms with E-state index in [1.807, 2.05) is 7.05 Å². The Bertz CT molecular complexity index is 299. The van der Waals surface area contributed by atoms with Crippen LogP contribution in [0.5, 0.6) is 0 Å². The van der Waals surface area contributed by atoms with Crippen LogP contribution in [0.3, 0.4) is 0 Å². The predicted molar refractivity (Wildman–Crippen MR) is 83.7 cm³/mol. The van der Waals surface area contributed by atoms with Crippen LogP contribution in [-0.2, 0) is 0 Å². The summed E-state index contributed by atoms with van der Waals surface area (Å²) in [7, 11) is 6.25. The van der Waals surface area contributed by atoms with Gasteiger partial charge in [0.05, 0.1) is 0 Å². The maximum atomic E-state index is 4.30. The van der Waals surface area contributed by atoms with Crippen molar-refractivity contribution in [3.05, 3.63) is 0 Å². The Balaban J connectivity index is 2.64. The highest BCUT2D eigenvalue weighted by atomic mass is 15.2. The molecule has 2 N–H and O–H groups in total. The zero-order valence-corrected chi connectivity index (χ0v) is 13.6. The van der Waals surface area contributed by atoms with Crippen LogP contribution < -0.4 is 10.6 Å². The molecule has 2 unspecified atom stereocenters. The quantitative estimate of drug-likeness (QED) is 0.606. The van der Waals surface area contributed by atoms with Gasteiger partial charge in [-0.1, -0.05) is 19.8 Å². The zero-order chi connectivity index (χ0) is 14.5. The minimum absolute atomic E-state index is 0.270. The monoisotopic (exact) mass is 268 g/mol. The Morgan fingerprint density at radius 1 is 1.42 bits per heavy atom. The van der Waals surface area contributed by atoms with Crippen molar-refractivity contribution in [3.63, 3.8) is 0 Å². The molecule has 1 aliphatic carbocycles. The molecule has 1 rings (SSSR count). The lowest BCUT2D eigenvalue weighted by molar-refractivity contribution is 0.0795. The molecule has 1 fully saturated rings. The SMILES string of the molecule is CN=C(NCC1(N(C)C)CCCC(C)C1)NC(C)C. The van der Waals surface area contributed by atoms with Gasteiger partial charge in [0.2, 0.25) is 0 Å². The van der Waals surface area contributed by atoms with E-state index in [1.165, 1.54) is 25.7 Å². The fraction of sp³-hybridized carbons (Fsp3) is 0.933. The first kappa shape index (κ1) is 16.3. The molecular formula is C15H32N4. The third-order valence-corrected chi connectivity index (χ3v) is 4.25. The second-order valence-corrected chi connectivity index (χ2v) is 6.55. The standard InChI is InChI=1S/C15H32N4/c1-12(2)18-14(16-4)17-11-15(19(5)6)9-7-8-13(3)10-15/h12-13H,7-11H2,1-6H3,(H2,16,17,18). The van der Waals surface area contributed by atoms with Crippen molar-refractivity contribution in [1.29, 1.82) is 0 Å². The van der Waals surface area contributed by atoms with E-state index in [9.17, 15) is 0 Å². The number of nitrogens with one attached hydrogen (secondary N) is 2. The molecule has 0 aromatic heterocycles. The van der Waals surface area contributed by atoms with Crippen LogP contribution in [0.4, 0.5) is 0 Å². The minimum atomic E-state index is 0.270. The lowest BCUT2D eigenvalue weighted by Gasteiger charge is -2.45. The highest BCUT2D eigenvalue weighted by molar-refractivity contribution is 5.79. The first-order valence-corrected chi connectivity index (χ1v) is 7.54. The van der Waals surface area contributed by atoms with Crippen LogP contribution in [0, 0.1) is 5.92 Å². The van der Waals surface area contributed by atoms with Crippen LogP contribution in [0.15, 0.2) is 4.99 Å². The summed E-state index contributed by atoms with van der Waals surface area (Å²) in [6.45, 7) is 7.61. The van der Waals surface area contributed by atoms with Gasteiger partial charge in [0.15, 0.2) is 5.96 Å². The van der Waals surface area contributed by atoms with Crippen molar-refractivity contribution in [2.24, 2.45) is 10.9 Å². The number of nitrogens with zero attached hydrogens (tertiary/aromatic N) is 2. The number of rotatable bonds is 4. The molecule has 0 aromatic carbocycles. The Morgan fingerprint density at radius 2 is 2.11 bits per heavy atom. The van der Waals surface area contributed by atoms with E-state index < -0.39 is 0 Å². The van der Waals surface area contributed by atoms with Crippen molar-refractivity contribution in [2.45, 2.75) is 58.0 Å². The first-order chi connectivity index (χ1) is 8.89. The Kier molecular flexibility index (Phi) is 6.11. The summed E-state index contributed by atoms with van der Waals surface area (Å²) in [6, 6.07) is 0.409. The molecule has 112 valence electrons. The summed E-state index contributed by atoms with van der Waals surface area (Å²) < 4.78 is 0. The molecular weight excluding hydrogens is 236 g/mol. The van der Waals surface area contributed by atoms with Gasteiger partial charge in [0.25, 0.3) is 0 Å². The largest absolute Gasteiger partial charge is 0.355 e. The topological polar surface area (TPSA) is 39.7 Å². The van der Waals surface area contributed by atoms with Gasteiger partial charge in [-0.3, -0.25) is 4.99 Å². The summed E-state index contributed by atoms with van der Waals surface area (Å²) in [4.78, 5) is 6.70. The first-order valence-electron chi connectivity index (χ1n) is 7.54. The van der Waals surface area contributed by atoms with E-state index >= 15 is 0 Å². The van der Waals surface area contributed by atoms with Crippen LogP contribution >= 0.6 is 0 Å². The van der Waals surface area contributed by atoms with Gasteiger partial charge in [0, 0.05) is 25.2 Å². The van der Waals surface area contributed by atoms with E-state index in [1.54, 1.807) is 0 Å². The number of aliphatic imine (C=N–C) groups is 1. The molecule has 2 atom stereocenters. The van der Waals surface area contributed by atoms with Crippen LogP contribution in [0.1, 0.15) is 46.5 Å². The van der Waals surface area contributed by atoms with Gasteiger partial charge < -0.3 is 15.5 Å². The number of guanidine groups is 1. The molecule has 0 aromatic rings. The van der Waals surface area contributed by atoms with Crippen LogP contribution in [0.2, 0.25) is 0 Å². The molecule has 0 aliphatic heterocycles.